The van der Waals surface area contributed by atoms with Crippen molar-refractivity contribution in [3.8, 4) is 11.1 Å². The van der Waals surface area contributed by atoms with Crippen LogP contribution in [0.25, 0.3) is 16.6 Å². The lowest BCUT2D eigenvalue weighted by molar-refractivity contribution is -0.120. The molecule has 0 amide bonds. The number of benzene rings is 2. The summed E-state index contributed by atoms with van der Waals surface area (Å²) >= 11 is 5.99. The first-order valence-corrected chi connectivity index (χ1v) is 15.6. The van der Waals surface area contributed by atoms with Gasteiger partial charge in [0.1, 0.15) is 11.6 Å². The first-order valence-electron chi connectivity index (χ1n) is 15.2. The van der Waals surface area contributed by atoms with Crippen LogP contribution in [0.3, 0.4) is 0 Å². The first-order chi connectivity index (χ1) is 20.3. The summed E-state index contributed by atoms with van der Waals surface area (Å²) in [5.41, 5.74) is 5.88. The van der Waals surface area contributed by atoms with Gasteiger partial charge in [-0.25, -0.2) is 13.9 Å². The SMILES string of the molecule is CCCCN(C)CCC.CCc1ccc(-c2cc(C3CCC(=O)CC3)n3nc(Nc4cc(F)cc(Cl)c4)ncc23)cc1. The number of anilines is 2. The summed E-state index contributed by atoms with van der Waals surface area (Å²) in [6.07, 6.45) is 9.52. The van der Waals surface area contributed by atoms with Crippen LogP contribution in [-0.4, -0.2) is 45.4 Å². The van der Waals surface area contributed by atoms with Gasteiger partial charge in [-0.3, -0.25) is 4.79 Å². The van der Waals surface area contributed by atoms with Gasteiger partial charge in [0.25, 0.3) is 0 Å². The Morgan fingerprint density at radius 3 is 2.40 bits per heavy atom. The van der Waals surface area contributed by atoms with Crippen LogP contribution in [0, 0.1) is 5.82 Å². The van der Waals surface area contributed by atoms with Gasteiger partial charge in [0.05, 0.1) is 11.7 Å². The van der Waals surface area contributed by atoms with Crippen molar-refractivity contribution < 1.29 is 9.18 Å². The minimum absolute atomic E-state index is 0.241. The molecule has 8 heteroatoms. The van der Waals surface area contributed by atoms with Crippen LogP contribution in [0.2, 0.25) is 5.02 Å². The molecule has 0 spiro atoms. The van der Waals surface area contributed by atoms with Crippen molar-refractivity contribution in [2.75, 3.05) is 25.5 Å². The number of Topliss-reactive ketones (excluding diaryl/α,β-unsaturated/α-hetero) is 1. The molecule has 4 aromatic rings. The number of rotatable bonds is 10. The second kappa shape index (κ2) is 15.3. The van der Waals surface area contributed by atoms with E-state index >= 15 is 0 Å². The summed E-state index contributed by atoms with van der Waals surface area (Å²) < 4.78 is 15.7. The number of unbranched alkanes of at least 4 members (excludes halogenated alkanes) is 1. The minimum atomic E-state index is -0.433. The van der Waals surface area contributed by atoms with Crippen LogP contribution in [0.1, 0.15) is 82.9 Å². The zero-order valence-corrected chi connectivity index (χ0v) is 26.1. The number of ketones is 1. The van der Waals surface area contributed by atoms with E-state index in [0.717, 1.165) is 41.6 Å². The van der Waals surface area contributed by atoms with E-state index in [9.17, 15) is 9.18 Å². The van der Waals surface area contributed by atoms with Gasteiger partial charge in [-0.15, -0.1) is 5.10 Å². The van der Waals surface area contributed by atoms with Crippen molar-refractivity contribution in [3.05, 3.63) is 76.8 Å². The molecule has 0 aliphatic heterocycles. The molecular formula is C34H43ClFN5O. The molecule has 0 radical (unpaired) electrons. The smallest absolute Gasteiger partial charge is 0.245 e. The van der Waals surface area contributed by atoms with Crippen molar-refractivity contribution in [2.24, 2.45) is 0 Å². The lowest BCUT2D eigenvalue weighted by atomic mass is 9.86. The van der Waals surface area contributed by atoms with E-state index in [1.54, 1.807) is 12.3 Å². The lowest BCUT2D eigenvalue weighted by Gasteiger charge is -2.20. The molecule has 42 heavy (non-hydrogen) atoms. The number of hydrogen-bond acceptors (Lipinski definition) is 5. The van der Waals surface area contributed by atoms with Crippen LogP contribution >= 0.6 is 11.6 Å². The Hall–Kier alpha value is -3.29. The summed E-state index contributed by atoms with van der Waals surface area (Å²) in [5, 5.41) is 8.10. The van der Waals surface area contributed by atoms with Crippen LogP contribution in [0.5, 0.6) is 0 Å². The monoisotopic (exact) mass is 591 g/mol. The van der Waals surface area contributed by atoms with Crippen molar-refractivity contribution in [3.63, 3.8) is 0 Å². The van der Waals surface area contributed by atoms with Gasteiger partial charge in [0, 0.05) is 40.7 Å². The number of nitrogens with one attached hydrogen (secondary N) is 1. The summed E-state index contributed by atoms with van der Waals surface area (Å²) in [4.78, 5) is 18.7. The van der Waals surface area contributed by atoms with E-state index < -0.39 is 5.82 Å². The van der Waals surface area contributed by atoms with Gasteiger partial charge in [-0.1, -0.05) is 63.1 Å². The Labute approximate surface area is 254 Å². The molecule has 2 aromatic heterocycles. The van der Waals surface area contributed by atoms with Gasteiger partial charge in [-0.2, -0.15) is 0 Å². The third-order valence-electron chi connectivity index (χ3n) is 7.80. The van der Waals surface area contributed by atoms with E-state index in [0.29, 0.717) is 35.3 Å². The van der Waals surface area contributed by atoms with Gasteiger partial charge in [0.15, 0.2) is 0 Å². The van der Waals surface area contributed by atoms with Crippen molar-refractivity contribution in [1.82, 2.24) is 19.5 Å². The standard InChI is InChI=1S/C26H24ClFN4O.C8H19N/c1-2-16-3-5-17(6-4-16)23-14-24(18-7-9-22(33)10-8-18)32-25(23)15-29-26(31-32)30-21-12-19(27)11-20(28)13-21;1-4-6-8-9(3)7-5-2/h3-6,11-15,18H,2,7-10H2,1H3,(H,30,31);4-8H2,1-3H3. The summed E-state index contributed by atoms with van der Waals surface area (Å²) in [5.74, 6) is 0.478. The Balaban J connectivity index is 0.000000392. The molecule has 1 saturated carbocycles. The number of carbonyl (C=O) groups is 1. The van der Waals surface area contributed by atoms with Crippen molar-refractivity contribution in [2.45, 2.75) is 78.1 Å². The number of aromatic nitrogens is 3. The highest BCUT2D eigenvalue weighted by Crippen LogP contribution is 2.37. The predicted octanol–water partition coefficient (Wildman–Crippen LogP) is 8.85. The van der Waals surface area contributed by atoms with E-state index in [2.05, 4.69) is 73.4 Å². The fraction of sp³-hybridized carbons (Fsp3) is 0.441. The number of hydrogen-bond donors (Lipinski definition) is 1. The van der Waals surface area contributed by atoms with Crippen LogP contribution < -0.4 is 5.32 Å². The summed E-state index contributed by atoms with van der Waals surface area (Å²) in [6.45, 7) is 9.12. The Morgan fingerprint density at radius 2 is 1.76 bits per heavy atom. The highest BCUT2D eigenvalue weighted by Gasteiger charge is 2.25. The molecule has 6 nitrogen and oxygen atoms in total. The topological polar surface area (TPSA) is 62.5 Å². The molecule has 0 saturated heterocycles. The third kappa shape index (κ3) is 8.39. The van der Waals surface area contributed by atoms with E-state index in [4.69, 9.17) is 16.7 Å². The Bertz CT molecular complexity index is 1440. The fourth-order valence-electron chi connectivity index (χ4n) is 5.43. The zero-order chi connectivity index (χ0) is 30.1. The first kappa shape index (κ1) is 31.6. The molecular weight excluding hydrogens is 549 g/mol. The van der Waals surface area contributed by atoms with Crippen molar-refractivity contribution >= 4 is 34.5 Å². The lowest BCUT2D eigenvalue weighted by Crippen LogP contribution is -2.19. The second-order valence-corrected chi connectivity index (χ2v) is 11.6. The molecule has 1 aliphatic carbocycles. The molecule has 1 aliphatic rings. The predicted molar refractivity (Wildman–Crippen MR) is 171 cm³/mol. The third-order valence-corrected chi connectivity index (χ3v) is 8.02. The number of halogens is 2. The largest absolute Gasteiger partial charge is 0.323 e. The number of carbonyl (C=O) groups excluding carboxylic acids is 1. The Morgan fingerprint density at radius 1 is 1.02 bits per heavy atom. The Kier molecular flexibility index (Phi) is 11.5. The molecule has 0 bridgehead atoms. The number of nitrogens with zero attached hydrogens (tertiary/aromatic N) is 4. The minimum Gasteiger partial charge on any atom is -0.323 e. The normalized spacial score (nSPS) is 13.8. The zero-order valence-electron chi connectivity index (χ0n) is 25.3. The van der Waals surface area contributed by atoms with Gasteiger partial charge in [-0.05, 0) is 87.6 Å². The molecule has 1 fully saturated rings. The molecule has 2 aromatic carbocycles. The fourth-order valence-corrected chi connectivity index (χ4v) is 5.65. The van der Waals surface area contributed by atoms with Crippen LogP contribution in [-0.2, 0) is 11.2 Å². The maximum Gasteiger partial charge on any atom is 0.245 e. The van der Waals surface area contributed by atoms with Gasteiger partial charge < -0.3 is 10.2 Å². The second-order valence-electron chi connectivity index (χ2n) is 11.2. The van der Waals surface area contributed by atoms with E-state index in [1.807, 2.05) is 4.52 Å². The molecule has 224 valence electrons. The summed E-state index contributed by atoms with van der Waals surface area (Å²) in [7, 11) is 2.19. The molecule has 0 unspecified atom stereocenters. The highest BCUT2D eigenvalue weighted by atomic mass is 35.5. The molecule has 1 N–H and O–H groups in total. The van der Waals surface area contributed by atoms with Gasteiger partial charge in [0.2, 0.25) is 5.95 Å². The quantitative estimate of drug-likeness (QED) is 0.199. The van der Waals surface area contributed by atoms with E-state index in [-0.39, 0.29) is 5.92 Å². The van der Waals surface area contributed by atoms with E-state index in [1.165, 1.54) is 50.0 Å². The van der Waals surface area contributed by atoms with Crippen molar-refractivity contribution in [1.29, 1.82) is 0 Å². The van der Waals surface area contributed by atoms with Gasteiger partial charge >= 0.3 is 0 Å². The van der Waals surface area contributed by atoms with Crippen LogP contribution in [0.4, 0.5) is 16.0 Å². The summed E-state index contributed by atoms with van der Waals surface area (Å²) in [6, 6.07) is 14.9. The number of aryl methyl sites for hydroxylation is 1. The molecule has 0 atom stereocenters. The average Bonchev–Trinajstić information content (AvgIpc) is 3.35. The molecule has 2 heterocycles. The average molecular weight is 592 g/mol. The maximum absolute atomic E-state index is 13.8. The highest BCUT2D eigenvalue weighted by molar-refractivity contribution is 6.30. The maximum atomic E-state index is 13.8. The van der Waals surface area contributed by atoms with Crippen LogP contribution in [0.15, 0.2) is 54.7 Å². The molecule has 5 rings (SSSR count). The number of fused-ring (bicyclic) bond motifs is 1.